The van der Waals surface area contributed by atoms with E-state index in [1.54, 1.807) is 23.5 Å². The van der Waals surface area contributed by atoms with Gasteiger partial charge in [-0.15, -0.1) is 0 Å². The van der Waals surface area contributed by atoms with Gasteiger partial charge in [-0.3, -0.25) is 14.6 Å². The van der Waals surface area contributed by atoms with Gasteiger partial charge in [0.25, 0.3) is 5.91 Å². The molecule has 3 aromatic rings. The number of fused-ring (bicyclic) bond motifs is 1. The van der Waals surface area contributed by atoms with Gasteiger partial charge in [0, 0.05) is 50.2 Å². The Kier molecular flexibility index (Phi) is 5.36. The molecule has 0 aromatic carbocycles. The minimum absolute atomic E-state index is 0.0358. The molecule has 8 nitrogen and oxygen atoms in total. The molecule has 0 unspecified atom stereocenters. The summed E-state index contributed by atoms with van der Waals surface area (Å²) in [7, 11) is 0. The number of carbonyl (C=O) groups excluding carboxylic acids is 2. The third kappa shape index (κ3) is 4.15. The molecule has 4 heterocycles. The third-order valence-corrected chi connectivity index (χ3v) is 6.29. The number of pyridine rings is 2. The van der Waals surface area contributed by atoms with Crippen LogP contribution in [0, 0.1) is 0 Å². The maximum absolute atomic E-state index is 13.4. The van der Waals surface area contributed by atoms with Crippen LogP contribution >= 0.6 is 0 Å². The number of hydrogen-bond acceptors (Lipinski definition) is 5. The van der Waals surface area contributed by atoms with Gasteiger partial charge in [-0.25, -0.2) is 9.97 Å². The Labute approximate surface area is 180 Å². The number of nitrogens with one attached hydrogen (secondary N) is 1. The van der Waals surface area contributed by atoms with Gasteiger partial charge in [-0.1, -0.05) is 18.9 Å². The summed E-state index contributed by atoms with van der Waals surface area (Å²) in [4.78, 5) is 40.2. The van der Waals surface area contributed by atoms with E-state index in [0.29, 0.717) is 31.1 Å². The number of amides is 2. The molecule has 2 aliphatic rings. The van der Waals surface area contributed by atoms with Crippen LogP contribution in [0.3, 0.4) is 0 Å². The molecule has 3 aromatic heterocycles. The van der Waals surface area contributed by atoms with Gasteiger partial charge in [-0.05, 0) is 37.0 Å². The molecule has 31 heavy (non-hydrogen) atoms. The van der Waals surface area contributed by atoms with E-state index in [-0.39, 0.29) is 17.9 Å². The van der Waals surface area contributed by atoms with Gasteiger partial charge >= 0.3 is 0 Å². The van der Waals surface area contributed by atoms with Crippen molar-refractivity contribution in [1.29, 1.82) is 0 Å². The maximum Gasteiger partial charge on any atom is 0.255 e. The monoisotopic (exact) mass is 418 g/mol. The van der Waals surface area contributed by atoms with Crippen molar-refractivity contribution in [2.75, 3.05) is 6.54 Å². The zero-order valence-corrected chi connectivity index (χ0v) is 17.4. The molecule has 1 saturated carbocycles. The predicted octanol–water partition coefficient (Wildman–Crippen LogP) is 2.86. The highest BCUT2D eigenvalue weighted by atomic mass is 16.2. The first-order valence-electron chi connectivity index (χ1n) is 11.0. The molecule has 2 amide bonds. The lowest BCUT2D eigenvalue weighted by molar-refractivity contribution is -0.119. The molecule has 8 heteroatoms. The first-order chi connectivity index (χ1) is 15.2. The van der Waals surface area contributed by atoms with Crippen LogP contribution in [0.1, 0.15) is 60.5 Å². The van der Waals surface area contributed by atoms with Crippen molar-refractivity contribution in [3.05, 3.63) is 54.2 Å². The minimum atomic E-state index is -0.116. The lowest BCUT2D eigenvalue weighted by Gasteiger charge is -2.26. The molecular formula is C23H26N6O2. The van der Waals surface area contributed by atoms with Gasteiger partial charge in [-0.2, -0.15) is 0 Å². The van der Waals surface area contributed by atoms with E-state index in [9.17, 15) is 9.59 Å². The zero-order chi connectivity index (χ0) is 21.2. The molecule has 0 bridgehead atoms. The Morgan fingerprint density at radius 1 is 1.19 bits per heavy atom. The fraction of sp³-hybridized carbons (Fsp3) is 0.435. The van der Waals surface area contributed by atoms with Crippen LogP contribution in [0.15, 0.2) is 43.1 Å². The van der Waals surface area contributed by atoms with Gasteiger partial charge in [0.15, 0.2) is 5.65 Å². The summed E-state index contributed by atoms with van der Waals surface area (Å²) in [6, 6.07) is 6.06. The third-order valence-electron chi connectivity index (χ3n) is 6.29. The van der Waals surface area contributed by atoms with Crippen molar-refractivity contribution in [3.63, 3.8) is 0 Å². The van der Waals surface area contributed by atoms with Gasteiger partial charge in [0.1, 0.15) is 5.52 Å². The van der Waals surface area contributed by atoms with Crippen LogP contribution in [0.5, 0.6) is 0 Å². The molecule has 5 rings (SSSR count). The first-order valence-corrected chi connectivity index (χ1v) is 11.0. The lowest BCUT2D eigenvalue weighted by atomic mass is 10.1. The van der Waals surface area contributed by atoms with Crippen molar-refractivity contribution in [1.82, 2.24) is 29.7 Å². The topological polar surface area (TPSA) is 93.0 Å². The SMILES string of the molecule is O=C1CC[C@@H](CN(Cc2cccnc2)C(=O)c2cnc3c(c2)ncn3C2CCCC2)N1. The van der Waals surface area contributed by atoms with E-state index in [4.69, 9.17) is 0 Å². The van der Waals surface area contributed by atoms with Gasteiger partial charge < -0.3 is 14.8 Å². The fourth-order valence-corrected chi connectivity index (χ4v) is 4.68. The summed E-state index contributed by atoms with van der Waals surface area (Å²) in [5.41, 5.74) is 3.04. The van der Waals surface area contributed by atoms with E-state index in [1.807, 2.05) is 24.5 Å². The molecular weight excluding hydrogens is 392 g/mol. The van der Waals surface area contributed by atoms with Crippen molar-refractivity contribution in [2.24, 2.45) is 0 Å². The number of carbonyl (C=O) groups is 2. The molecule has 0 radical (unpaired) electrons. The Hall–Kier alpha value is -3.29. The molecule has 1 aliphatic heterocycles. The van der Waals surface area contributed by atoms with Crippen molar-refractivity contribution >= 4 is 23.0 Å². The smallest absolute Gasteiger partial charge is 0.255 e. The Morgan fingerprint density at radius 2 is 2.06 bits per heavy atom. The quantitative estimate of drug-likeness (QED) is 0.664. The second-order valence-corrected chi connectivity index (χ2v) is 8.51. The van der Waals surface area contributed by atoms with E-state index < -0.39 is 0 Å². The van der Waals surface area contributed by atoms with Crippen molar-refractivity contribution in [3.8, 4) is 0 Å². The van der Waals surface area contributed by atoms with Gasteiger partial charge in [0.2, 0.25) is 5.91 Å². The van der Waals surface area contributed by atoms with Gasteiger partial charge in [0.05, 0.1) is 11.9 Å². The highest BCUT2D eigenvalue weighted by molar-refractivity contribution is 5.96. The van der Waals surface area contributed by atoms with Crippen LogP contribution in [0.4, 0.5) is 0 Å². The zero-order valence-electron chi connectivity index (χ0n) is 17.4. The summed E-state index contributed by atoms with van der Waals surface area (Å²) < 4.78 is 2.15. The molecule has 1 atom stereocenters. The number of imidazole rings is 1. The highest BCUT2D eigenvalue weighted by Gasteiger charge is 2.27. The average Bonchev–Trinajstić information content (AvgIpc) is 3.54. The number of aromatic nitrogens is 4. The van der Waals surface area contributed by atoms with Crippen LogP contribution < -0.4 is 5.32 Å². The second-order valence-electron chi connectivity index (χ2n) is 8.51. The van der Waals surface area contributed by atoms with Crippen LogP contribution in [-0.2, 0) is 11.3 Å². The Balaban J connectivity index is 1.40. The molecule has 1 saturated heterocycles. The summed E-state index contributed by atoms with van der Waals surface area (Å²) in [5, 5.41) is 2.96. The Bertz CT molecular complexity index is 1090. The second kappa shape index (κ2) is 8.45. The van der Waals surface area contributed by atoms with Crippen LogP contribution in [0.25, 0.3) is 11.2 Å². The fourth-order valence-electron chi connectivity index (χ4n) is 4.68. The summed E-state index contributed by atoms with van der Waals surface area (Å²) >= 11 is 0. The van der Waals surface area contributed by atoms with E-state index >= 15 is 0 Å². The number of rotatable bonds is 6. The van der Waals surface area contributed by atoms with E-state index in [0.717, 1.165) is 36.0 Å². The molecule has 2 fully saturated rings. The first kappa shape index (κ1) is 19.7. The predicted molar refractivity (Wildman–Crippen MR) is 115 cm³/mol. The van der Waals surface area contributed by atoms with Crippen molar-refractivity contribution < 1.29 is 9.59 Å². The van der Waals surface area contributed by atoms with Crippen LogP contribution in [-0.4, -0.2) is 48.8 Å². The standard InChI is InChI=1S/C23H26N6O2/c30-21-8-7-18(27-21)14-28(13-16-4-3-9-24-11-16)23(31)17-10-20-22(25-12-17)29(15-26-20)19-5-1-2-6-19/h3-4,9-12,15,18-19H,1-2,5-8,13-14H2,(H,27,30)/t18-/m0/s1. The number of nitrogens with zero attached hydrogens (tertiary/aromatic N) is 5. The average molecular weight is 419 g/mol. The van der Waals surface area contributed by atoms with E-state index in [2.05, 4.69) is 24.8 Å². The highest BCUT2D eigenvalue weighted by Crippen LogP contribution is 2.31. The lowest BCUT2D eigenvalue weighted by Crippen LogP contribution is -2.41. The largest absolute Gasteiger partial charge is 0.352 e. The normalized spacial score (nSPS) is 19.1. The molecule has 1 aliphatic carbocycles. The Morgan fingerprint density at radius 3 is 2.81 bits per heavy atom. The number of hydrogen-bond donors (Lipinski definition) is 1. The van der Waals surface area contributed by atoms with Crippen molar-refractivity contribution in [2.45, 2.75) is 57.2 Å². The maximum atomic E-state index is 13.4. The molecule has 0 spiro atoms. The van der Waals surface area contributed by atoms with Crippen LogP contribution in [0.2, 0.25) is 0 Å². The van der Waals surface area contributed by atoms with E-state index in [1.165, 1.54) is 12.8 Å². The summed E-state index contributed by atoms with van der Waals surface area (Å²) in [5.74, 6) is -0.0749. The summed E-state index contributed by atoms with van der Waals surface area (Å²) in [6.45, 7) is 0.877. The molecule has 1 N–H and O–H groups in total. The molecule has 160 valence electrons. The minimum Gasteiger partial charge on any atom is -0.352 e. The summed E-state index contributed by atoms with van der Waals surface area (Å²) in [6.07, 6.45) is 13.0.